The maximum atomic E-state index is 5.48. The highest BCUT2D eigenvalue weighted by atomic mass is 16.3. The first-order valence-electron chi connectivity index (χ1n) is 5.20. The Morgan fingerprint density at radius 1 is 1.71 bits per heavy atom. The van der Waals surface area contributed by atoms with Gasteiger partial charge in [-0.15, -0.1) is 0 Å². The van der Waals surface area contributed by atoms with Crippen LogP contribution in [0.5, 0.6) is 0 Å². The minimum absolute atomic E-state index is 0.466. The first-order valence-corrected chi connectivity index (χ1v) is 5.20. The van der Waals surface area contributed by atoms with E-state index in [0.717, 1.165) is 37.6 Å². The number of nitrogens with zero attached hydrogens (tertiary/aromatic N) is 2. The van der Waals surface area contributed by atoms with Gasteiger partial charge in [0, 0.05) is 19.0 Å². The van der Waals surface area contributed by atoms with Gasteiger partial charge in [0.15, 0.2) is 5.89 Å². The van der Waals surface area contributed by atoms with Crippen LogP contribution in [0.15, 0.2) is 10.7 Å². The van der Waals surface area contributed by atoms with Crippen LogP contribution in [-0.2, 0) is 6.54 Å². The summed E-state index contributed by atoms with van der Waals surface area (Å²) in [4.78, 5) is 6.77. The van der Waals surface area contributed by atoms with Gasteiger partial charge in [-0.05, 0) is 19.5 Å². The summed E-state index contributed by atoms with van der Waals surface area (Å²) in [7, 11) is 0. The summed E-state index contributed by atoms with van der Waals surface area (Å²) >= 11 is 0. The Morgan fingerprint density at radius 3 is 3.14 bits per heavy atom. The Labute approximate surface area is 84.1 Å². The van der Waals surface area contributed by atoms with Gasteiger partial charge in [-0.1, -0.05) is 6.92 Å². The lowest BCUT2D eigenvalue weighted by Gasteiger charge is -2.10. The van der Waals surface area contributed by atoms with Crippen LogP contribution < -0.4 is 5.73 Å². The molecule has 1 aliphatic heterocycles. The maximum Gasteiger partial charge on any atom is 0.198 e. The van der Waals surface area contributed by atoms with Crippen molar-refractivity contribution in [1.29, 1.82) is 0 Å². The van der Waals surface area contributed by atoms with Crippen LogP contribution in [-0.4, -0.2) is 29.5 Å². The third-order valence-electron chi connectivity index (χ3n) is 2.85. The van der Waals surface area contributed by atoms with Crippen LogP contribution in [0.2, 0.25) is 0 Å². The summed E-state index contributed by atoms with van der Waals surface area (Å²) in [5.41, 5.74) is 6.34. The molecule has 4 nitrogen and oxygen atoms in total. The SMILES string of the molecule is CCN1CCC(c2nc(CN)co2)C1. The van der Waals surface area contributed by atoms with E-state index >= 15 is 0 Å². The topological polar surface area (TPSA) is 55.3 Å². The molecule has 1 aliphatic rings. The Hall–Kier alpha value is -0.870. The van der Waals surface area contributed by atoms with Gasteiger partial charge in [-0.2, -0.15) is 0 Å². The van der Waals surface area contributed by atoms with Gasteiger partial charge in [0.2, 0.25) is 0 Å². The van der Waals surface area contributed by atoms with Gasteiger partial charge in [0.05, 0.1) is 5.69 Å². The zero-order valence-corrected chi connectivity index (χ0v) is 8.57. The summed E-state index contributed by atoms with van der Waals surface area (Å²) in [6.45, 7) is 5.99. The zero-order chi connectivity index (χ0) is 9.97. The van der Waals surface area contributed by atoms with Crippen LogP contribution in [0.1, 0.15) is 30.8 Å². The predicted molar refractivity (Wildman–Crippen MR) is 53.9 cm³/mol. The zero-order valence-electron chi connectivity index (χ0n) is 8.57. The van der Waals surface area contributed by atoms with Crippen LogP contribution in [0, 0.1) is 0 Å². The molecule has 0 spiro atoms. The molecule has 0 saturated carbocycles. The molecule has 4 heteroatoms. The van der Waals surface area contributed by atoms with Crippen molar-refractivity contribution in [3.05, 3.63) is 17.8 Å². The Kier molecular flexibility index (Phi) is 2.84. The van der Waals surface area contributed by atoms with E-state index in [4.69, 9.17) is 10.2 Å². The van der Waals surface area contributed by atoms with E-state index in [1.54, 1.807) is 6.26 Å². The van der Waals surface area contributed by atoms with E-state index in [1.165, 1.54) is 0 Å². The third kappa shape index (κ3) is 1.81. The van der Waals surface area contributed by atoms with Gasteiger partial charge in [0.1, 0.15) is 6.26 Å². The second kappa shape index (κ2) is 4.11. The number of hydrogen-bond donors (Lipinski definition) is 1. The largest absolute Gasteiger partial charge is 0.448 e. The van der Waals surface area contributed by atoms with Gasteiger partial charge < -0.3 is 15.1 Å². The number of rotatable bonds is 3. The second-order valence-corrected chi connectivity index (χ2v) is 3.76. The minimum atomic E-state index is 0.466. The van der Waals surface area contributed by atoms with E-state index in [1.807, 2.05) is 0 Å². The first kappa shape index (κ1) is 9.68. The summed E-state index contributed by atoms with van der Waals surface area (Å²) < 4.78 is 5.41. The monoisotopic (exact) mass is 195 g/mol. The molecule has 1 atom stereocenters. The molecule has 0 bridgehead atoms. The molecule has 2 rings (SSSR count). The van der Waals surface area contributed by atoms with Crippen molar-refractivity contribution in [1.82, 2.24) is 9.88 Å². The number of likely N-dealkylation sites (N-methyl/N-ethyl adjacent to an activating group) is 1. The van der Waals surface area contributed by atoms with Crippen molar-refractivity contribution in [2.75, 3.05) is 19.6 Å². The van der Waals surface area contributed by atoms with Crippen LogP contribution >= 0.6 is 0 Å². The number of nitrogens with two attached hydrogens (primary N) is 1. The van der Waals surface area contributed by atoms with Crippen LogP contribution in [0.3, 0.4) is 0 Å². The molecule has 2 heterocycles. The third-order valence-corrected chi connectivity index (χ3v) is 2.85. The van der Waals surface area contributed by atoms with Crippen molar-refractivity contribution >= 4 is 0 Å². The average Bonchev–Trinajstić information content (AvgIpc) is 2.86. The standard InChI is InChI=1S/C10H17N3O/c1-2-13-4-3-8(6-13)10-12-9(5-11)7-14-10/h7-8H,2-6,11H2,1H3. The Balaban J connectivity index is 2.02. The molecule has 78 valence electrons. The van der Waals surface area contributed by atoms with Crippen molar-refractivity contribution in [2.45, 2.75) is 25.8 Å². The van der Waals surface area contributed by atoms with Crippen molar-refractivity contribution in [2.24, 2.45) is 5.73 Å². The molecule has 1 saturated heterocycles. The van der Waals surface area contributed by atoms with Gasteiger partial charge in [-0.25, -0.2) is 4.98 Å². The molecular weight excluding hydrogens is 178 g/mol. The molecule has 0 radical (unpaired) electrons. The first-order chi connectivity index (χ1) is 6.83. The normalized spacial score (nSPS) is 23.1. The quantitative estimate of drug-likeness (QED) is 0.780. The molecule has 1 fully saturated rings. The molecule has 14 heavy (non-hydrogen) atoms. The van der Waals surface area contributed by atoms with Crippen molar-refractivity contribution in [3.63, 3.8) is 0 Å². The van der Waals surface area contributed by atoms with Crippen LogP contribution in [0.25, 0.3) is 0 Å². The van der Waals surface area contributed by atoms with Crippen molar-refractivity contribution < 1.29 is 4.42 Å². The molecule has 0 aliphatic carbocycles. The summed E-state index contributed by atoms with van der Waals surface area (Å²) in [5, 5.41) is 0. The van der Waals surface area contributed by atoms with E-state index in [-0.39, 0.29) is 0 Å². The molecule has 0 aromatic carbocycles. The number of oxazole rings is 1. The predicted octanol–water partition coefficient (Wildman–Crippen LogP) is 0.943. The van der Waals surface area contributed by atoms with Gasteiger partial charge in [0.25, 0.3) is 0 Å². The molecular formula is C10H17N3O. The fraction of sp³-hybridized carbons (Fsp3) is 0.700. The smallest absolute Gasteiger partial charge is 0.198 e. The van der Waals surface area contributed by atoms with E-state index in [9.17, 15) is 0 Å². The number of likely N-dealkylation sites (tertiary alicyclic amines) is 1. The molecule has 1 unspecified atom stereocenters. The van der Waals surface area contributed by atoms with Gasteiger partial charge >= 0.3 is 0 Å². The molecule has 1 aromatic heterocycles. The number of hydrogen-bond acceptors (Lipinski definition) is 4. The average molecular weight is 195 g/mol. The summed E-state index contributed by atoms with van der Waals surface area (Å²) in [6, 6.07) is 0. The van der Waals surface area contributed by atoms with Crippen LogP contribution in [0.4, 0.5) is 0 Å². The highest BCUT2D eigenvalue weighted by Gasteiger charge is 2.26. The van der Waals surface area contributed by atoms with E-state index in [2.05, 4.69) is 16.8 Å². The minimum Gasteiger partial charge on any atom is -0.448 e. The maximum absolute atomic E-state index is 5.48. The van der Waals surface area contributed by atoms with Gasteiger partial charge in [-0.3, -0.25) is 0 Å². The second-order valence-electron chi connectivity index (χ2n) is 3.76. The molecule has 0 amide bonds. The molecule has 2 N–H and O–H groups in total. The Morgan fingerprint density at radius 2 is 2.57 bits per heavy atom. The Bertz CT molecular complexity index is 297. The summed E-state index contributed by atoms with van der Waals surface area (Å²) in [5.74, 6) is 1.33. The fourth-order valence-corrected chi connectivity index (χ4v) is 1.93. The molecule has 1 aromatic rings. The van der Waals surface area contributed by atoms with E-state index in [0.29, 0.717) is 12.5 Å². The lowest BCUT2D eigenvalue weighted by atomic mass is 10.1. The lowest BCUT2D eigenvalue weighted by Crippen LogP contribution is -2.19. The highest BCUT2D eigenvalue weighted by Crippen LogP contribution is 2.26. The fourth-order valence-electron chi connectivity index (χ4n) is 1.93. The summed E-state index contributed by atoms with van der Waals surface area (Å²) in [6.07, 6.45) is 2.82. The lowest BCUT2D eigenvalue weighted by molar-refractivity contribution is 0.344. The van der Waals surface area contributed by atoms with E-state index < -0.39 is 0 Å². The van der Waals surface area contributed by atoms with Crippen molar-refractivity contribution in [3.8, 4) is 0 Å². The number of aromatic nitrogens is 1. The highest BCUT2D eigenvalue weighted by molar-refractivity contribution is 5.03.